The molecule has 0 heterocycles. The molecule has 5 heavy (non-hydrogen) atoms. The molecule has 1 nitrogen and oxygen atoms in total. The van der Waals surface area contributed by atoms with Crippen molar-refractivity contribution in [2.45, 2.75) is 0 Å². The Morgan fingerprint density at radius 2 is 1.00 bits per heavy atom. The Balaban J connectivity index is 0. The molecule has 32 valence electrons. The van der Waals surface area contributed by atoms with Crippen molar-refractivity contribution >= 4 is 45.2 Å². The van der Waals surface area contributed by atoms with Crippen LogP contribution in [-0.2, 0) is 0 Å². The molecule has 0 aliphatic heterocycles. The van der Waals surface area contributed by atoms with E-state index >= 15 is 0 Å². The third-order valence-electron chi connectivity index (χ3n) is 0. The molecule has 0 saturated carbocycles. The second-order valence-corrected chi connectivity index (χ2v) is 0. The average molecular weight is 325 g/mol. The number of hydrogen-bond donors (Lipinski definition) is 1. The molecule has 0 aromatic rings. The SMILES string of the molecule is B.N.[InH3].[Nd].[SiH4]. The molecule has 0 rings (SSSR count). The van der Waals surface area contributed by atoms with E-state index in [0.29, 0.717) is 0 Å². The zero-order chi connectivity index (χ0) is 0. The van der Waals surface area contributed by atoms with Crippen LogP contribution in [0.2, 0.25) is 0 Å². The molecule has 0 aliphatic rings. The fourth-order valence-corrected chi connectivity index (χ4v) is 0. The maximum atomic E-state index is 0. The van der Waals surface area contributed by atoms with Gasteiger partial charge in [0.05, 0.1) is 8.41 Å². The fourth-order valence-electron chi connectivity index (χ4n) is 0. The van der Waals surface area contributed by atoms with Crippen molar-refractivity contribution in [2.75, 3.05) is 0 Å². The van der Waals surface area contributed by atoms with Crippen molar-refractivity contribution in [3.63, 3.8) is 0 Å². The quantitative estimate of drug-likeness (QED) is 0.458. The van der Waals surface area contributed by atoms with Crippen molar-refractivity contribution < 1.29 is 40.8 Å². The molecule has 0 aliphatic carbocycles. The first-order chi connectivity index (χ1) is 0. The Morgan fingerprint density at radius 1 is 1.00 bits per heavy atom. The summed E-state index contributed by atoms with van der Waals surface area (Å²) in [6, 6.07) is 0. The number of hydrogen-bond acceptors (Lipinski definition) is 1. The van der Waals surface area contributed by atoms with Gasteiger partial charge in [-0.3, -0.25) is 0 Å². The van der Waals surface area contributed by atoms with E-state index in [2.05, 4.69) is 0 Å². The molecule has 0 fully saturated rings. The maximum Gasteiger partial charge on any atom is 0 e. The van der Waals surface area contributed by atoms with Crippen LogP contribution in [0.15, 0.2) is 0 Å². The molecule has 0 aromatic heterocycles. The van der Waals surface area contributed by atoms with Gasteiger partial charge in [-0.1, -0.05) is 0 Å². The van der Waals surface area contributed by atoms with Gasteiger partial charge in [0.15, 0.2) is 0 Å². The molecule has 0 atom stereocenters. The van der Waals surface area contributed by atoms with Gasteiger partial charge in [-0.25, -0.2) is 0 Å². The van der Waals surface area contributed by atoms with E-state index in [4.69, 9.17) is 0 Å². The van der Waals surface area contributed by atoms with Gasteiger partial charge >= 0.3 is 25.8 Å². The van der Waals surface area contributed by atoms with Crippen molar-refractivity contribution in [1.82, 2.24) is 6.15 Å². The fraction of sp³-hybridized carbons (Fsp3) is 0. The smallest absolute Gasteiger partial charge is 0 e. The van der Waals surface area contributed by atoms with Gasteiger partial charge in [0.1, 0.15) is 0 Å². The predicted octanol–water partition coefficient (Wildman–Crippen LogP) is -3.66. The Morgan fingerprint density at radius 3 is 1.00 bits per heavy atom. The third kappa shape index (κ3) is 21.2. The minimum atomic E-state index is 0. The van der Waals surface area contributed by atoms with Crippen LogP contribution in [0.5, 0.6) is 0 Å². The summed E-state index contributed by atoms with van der Waals surface area (Å²) in [5.74, 6) is 0. The van der Waals surface area contributed by atoms with Crippen LogP contribution in [0.4, 0.5) is 0 Å². The van der Waals surface area contributed by atoms with Gasteiger partial charge in [0.25, 0.3) is 0 Å². The average Bonchev–Trinajstić information content (AvgIpc) is 0. The molecule has 0 bridgehead atoms. The van der Waals surface area contributed by atoms with Gasteiger partial charge in [-0.2, -0.15) is 0 Å². The van der Waals surface area contributed by atoms with Crippen LogP contribution >= 0.6 is 0 Å². The van der Waals surface area contributed by atoms with Crippen molar-refractivity contribution in [3.8, 4) is 0 Å². The number of rotatable bonds is 0. The Labute approximate surface area is 90.5 Å². The molecule has 0 aromatic carbocycles. The predicted molar refractivity (Wildman–Crippen MR) is 36.2 cm³/mol. The van der Waals surface area contributed by atoms with E-state index in [1.165, 1.54) is 0 Å². The van der Waals surface area contributed by atoms with Gasteiger partial charge in [-0.05, 0) is 11.0 Å². The summed E-state index contributed by atoms with van der Waals surface area (Å²) in [6.07, 6.45) is 0. The second-order valence-electron chi connectivity index (χ2n) is 0. The first-order valence-electron chi connectivity index (χ1n) is 0. The summed E-state index contributed by atoms with van der Waals surface area (Å²) in [6.45, 7) is 0. The summed E-state index contributed by atoms with van der Waals surface area (Å²) in [4.78, 5) is 0. The Bertz CT molecular complexity index is 11.6. The summed E-state index contributed by atoms with van der Waals surface area (Å²) in [5, 5.41) is 0. The minimum Gasteiger partial charge on any atom is -0.0149 e. The van der Waals surface area contributed by atoms with Crippen molar-refractivity contribution in [3.05, 3.63) is 0 Å². The van der Waals surface area contributed by atoms with E-state index in [0.717, 1.165) is 0 Å². The monoisotopic (exact) mass is 323 g/mol. The Kier molecular flexibility index (Phi) is 327. The van der Waals surface area contributed by atoms with Crippen LogP contribution in [-0.4, -0.2) is 45.2 Å². The van der Waals surface area contributed by atoms with Gasteiger partial charge < -0.3 is 6.15 Å². The van der Waals surface area contributed by atoms with E-state index in [9.17, 15) is 0 Å². The zero-order valence-corrected chi connectivity index (χ0v) is 4.42. The van der Waals surface area contributed by atoms with E-state index in [1.807, 2.05) is 0 Å². The minimum absolute atomic E-state index is 0. The van der Waals surface area contributed by atoms with Crippen molar-refractivity contribution in [1.29, 1.82) is 0 Å². The normalized spacial score (nSPS) is 0. The molecule has 3 N–H and O–H groups in total. The first kappa shape index (κ1) is 51.4. The van der Waals surface area contributed by atoms with E-state index < -0.39 is 0 Å². The van der Waals surface area contributed by atoms with Crippen LogP contribution in [0.3, 0.4) is 0 Å². The van der Waals surface area contributed by atoms with Gasteiger partial charge in [0, 0.05) is 40.8 Å². The molecule has 0 saturated heterocycles. The van der Waals surface area contributed by atoms with Crippen LogP contribution in [0.25, 0.3) is 0 Å². The van der Waals surface area contributed by atoms with Crippen LogP contribution in [0.1, 0.15) is 0 Å². The first-order valence-corrected chi connectivity index (χ1v) is 0. The van der Waals surface area contributed by atoms with Gasteiger partial charge in [-0.15, -0.1) is 0 Å². The van der Waals surface area contributed by atoms with Crippen LogP contribution in [0, 0.1) is 40.8 Å². The molecule has 0 unspecified atom stereocenters. The topological polar surface area (TPSA) is 35.0 Å². The molecule has 0 amide bonds. The molecule has 0 radical (unpaired) electrons. The molecule has 5 heteroatoms. The second kappa shape index (κ2) is 31.8. The summed E-state index contributed by atoms with van der Waals surface area (Å²) < 4.78 is 0. The third-order valence-corrected chi connectivity index (χ3v) is 0. The zero-order valence-electron chi connectivity index (χ0n) is 1.21. The van der Waals surface area contributed by atoms with Gasteiger partial charge in [0.2, 0.25) is 0 Å². The Hall–Kier alpha value is 2.46. The van der Waals surface area contributed by atoms with E-state index in [1.54, 1.807) is 0 Å². The summed E-state index contributed by atoms with van der Waals surface area (Å²) in [7, 11) is 0. The maximum absolute atomic E-state index is 0. The largest absolute Gasteiger partial charge is 0.0149 e. The standard InChI is InChI=1S/BH3.In.H3N.Nd.H4Si.3H/h1H3;;1H3;;1H4;;;. The molecular weight excluding hydrogens is 312 g/mol. The van der Waals surface area contributed by atoms with Crippen molar-refractivity contribution in [2.24, 2.45) is 0 Å². The summed E-state index contributed by atoms with van der Waals surface area (Å²) >= 11 is 0. The molecular formula is H13BInNNdSi. The summed E-state index contributed by atoms with van der Waals surface area (Å²) in [5.41, 5.74) is 0. The van der Waals surface area contributed by atoms with Crippen LogP contribution < -0.4 is 6.15 Å². The van der Waals surface area contributed by atoms with E-state index in [-0.39, 0.29) is 92.2 Å². The molecule has 0 spiro atoms.